The highest BCUT2D eigenvalue weighted by atomic mass is 35.5. The maximum absolute atomic E-state index is 12.4. The van der Waals surface area contributed by atoms with Gasteiger partial charge in [0.2, 0.25) is 5.91 Å². The largest absolute Gasteiger partial charge is 0.335 e. The third kappa shape index (κ3) is 3.42. The van der Waals surface area contributed by atoms with Crippen molar-refractivity contribution < 1.29 is 4.79 Å². The summed E-state index contributed by atoms with van der Waals surface area (Å²) in [4.78, 5) is 14.4. The molecule has 0 unspecified atom stereocenters. The van der Waals surface area contributed by atoms with E-state index in [-0.39, 0.29) is 11.8 Å². The van der Waals surface area contributed by atoms with E-state index >= 15 is 0 Å². The van der Waals surface area contributed by atoms with Crippen molar-refractivity contribution in [3.05, 3.63) is 18.0 Å². The lowest BCUT2D eigenvalue weighted by Gasteiger charge is -2.31. The standard InChI is InChI=1S/C18H26ClN3O/c19-10-18(23)21(12-17(13-4-5-13)14-6-7-14)11-16-8-9-20-22(16)15-2-1-3-15/h8-9,13-15,17H,1-7,10-12H2. The number of halogens is 1. The molecule has 0 aromatic carbocycles. The Bertz CT molecular complexity index is 548. The van der Waals surface area contributed by atoms with E-state index in [1.54, 1.807) is 0 Å². The molecule has 0 radical (unpaired) electrons. The molecule has 4 rings (SSSR count). The predicted octanol–water partition coefficient (Wildman–Crippen LogP) is 3.61. The van der Waals surface area contributed by atoms with Crippen LogP contribution in [-0.4, -0.2) is 33.0 Å². The minimum Gasteiger partial charge on any atom is -0.335 e. The number of rotatable bonds is 8. The Kier molecular flexibility index (Phi) is 4.35. The lowest BCUT2D eigenvalue weighted by molar-refractivity contribution is -0.130. The van der Waals surface area contributed by atoms with E-state index in [4.69, 9.17) is 11.6 Å². The van der Waals surface area contributed by atoms with Crippen LogP contribution in [-0.2, 0) is 11.3 Å². The van der Waals surface area contributed by atoms with Gasteiger partial charge >= 0.3 is 0 Å². The van der Waals surface area contributed by atoms with Crippen LogP contribution in [0.4, 0.5) is 0 Å². The highest BCUT2D eigenvalue weighted by Crippen LogP contribution is 2.49. The predicted molar refractivity (Wildman–Crippen MR) is 90.2 cm³/mol. The first-order chi connectivity index (χ1) is 11.3. The Morgan fingerprint density at radius 1 is 1.26 bits per heavy atom. The van der Waals surface area contributed by atoms with Crippen molar-refractivity contribution in [3.8, 4) is 0 Å². The SMILES string of the molecule is O=C(CCl)N(Cc1ccnn1C1CCC1)CC(C1CC1)C1CC1. The summed E-state index contributed by atoms with van der Waals surface area (Å²) in [5.41, 5.74) is 1.17. The summed E-state index contributed by atoms with van der Waals surface area (Å²) in [6, 6.07) is 2.60. The fourth-order valence-corrected chi connectivity index (χ4v) is 4.12. The van der Waals surface area contributed by atoms with Gasteiger partial charge in [-0.25, -0.2) is 0 Å². The zero-order chi connectivity index (χ0) is 15.8. The third-order valence-corrected chi connectivity index (χ3v) is 6.11. The maximum Gasteiger partial charge on any atom is 0.237 e. The first kappa shape index (κ1) is 15.5. The van der Waals surface area contributed by atoms with Crippen LogP contribution >= 0.6 is 11.6 Å². The quantitative estimate of drug-likeness (QED) is 0.681. The normalized spacial score (nSPS) is 21.5. The highest BCUT2D eigenvalue weighted by Gasteiger charge is 2.42. The van der Waals surface area contributed by atoms with E-state index in [9.17, 15) is 4.79 Å². The summed E-state index contributed by atoms with van der Waals surface area (Å²) in [6.45, 7) is 1.55. The molecule has 3 aliphatic carbocycles. The molecule has 23 heavy (non-hydrogen) atoms. The molecule has 5 heteroatoms. The number of alkyl halides is 1. The topological polar surface area (TPSA) is 38.1 Å². The van der Waals surface area contributed by atoms with Gasteiger partial charge in [0.25, 0.3) is 0 Å². The molecule has 1 aromatic heterocycles. The van der Waals surface area contributed by atoms with Crippen LogP contribution in [0.2, 0.25) is 0 Å². The third-order valence-electron chi connectivity index (χ3n) is 5.88. The second kappa shape index (κ2) is 6.46. The van der Waals surface area contributed by atoms with Crippen LogP contribution in [0.5, 0.6) is 0 Å². The molecule has 1 heterocycles. The second-order valence-corrected chi connectivity index (χ2v) is 7.87. The van der Waals surface area contributed by atoms with Crippen LogP contribution in [0.3, 0.4) is 0 Å². The molecular weight excluding hydrogens is 310 g/mol. The number of carbonyl (C=O) groups is 1. The van der Waals surface area contributed by atoms with Crippen LogP contribution in [0, 0.1) is 17.8 Å². The van der Waals surface area contributed by atoms with Gasteiger partial charge in [0.15, 0.2) is 0 Å². The minimum absolute atomic E-state index is 0.0688. The Balaban J connectivity index is 1.47. The smallest absolute Gasteiger partial charge is 0.237 e. The number of hydrogen-bond acceptors (Lipinski definition) is 2. The summed E-state index contributed by atoms with van der Waals surface area (Å²) in [5, 5.41) is 4.50. The van der Waals surface area contributed by atoms with Gasteiger partial charge in [0.1, 0.15) is 5.88 Å². The summed E-state index contributed by atoms with van der Waals surface area (Å²) in [5.74, 6) is 2.55. The van der Waals surface area contributed by atoms with Gasteiger partial charge in [-0.05, 0) is 68.8 Å². The van der Waals surface area contributed by atoms with Gasteiger partial charge < -0.3 is 4.90 Å². The molecule has 4 nitrogen and oxygen atoms in total. The molecule has 0 spiro atoms. The minimum atomic E-state index is 0.0688. The van der Waals surface area contributed by atoms with E-state index in [0.717, 1.165) is 18.4 Å². The molecule has 3 saturated carbocycles. The Morgan fingerprint density at radius 2 is 1.96 bits per heavy atom. The number of hydrogen-bond donors (Lipinski definition) is 0. The highest BCUT2D eigenvalue weighted by molar-refractivity contribution is 6.27. The summed E-state index contributed by atoms with van der Waals surface area (Å²) < 4.78 is 2.14. The lowest BCUT2D eigenvalue weighted by Crippen LogP contribution is -2.38. The summed E-state index contributed by atoms with van der Waals surface area (Å²) in [6.07, 6.45) is 11.0. The number of amides is 1. The summed E-state index contributed by atoms with van der Waals surface area (Å²) in [7, 11) is 0. The first-order valence-electron chi connectivity index (χ1n) is 9.12. The van der Waals surface area contributed by atoms with Crippen LogP contribution < -0.4 is 0 Å². The van der Waals surface area contributed by atoms with Gasteiger partial charge in [-0.2, -0.15) is 5.10 Å². The van der Waals surface area contributed by atoms with Crippen LogP contribution in [0.25, 0.3) is 0 Å². The van der Waals surface area contributed by atoms with E-state index in [1.165, 1.54) is 50.6 Å². The second-order valence-electron chi connectivity index (χ2n) is 7.60. The van der Waals surface area contributed by atoms with Gasteiger partial charge in [-0.1, -0.05) is 0 Å². The number of carbonyl (C=O) groups excluding carboxylic acids is 1. The Labute approximate surface area is 143 Å². The molecule has 126 valence electrons. The fraction of sp³-hybridized carbons (Fsp3) is 0.778. The fourth-order valence-electron chi connectivity index (χ4n) is 3.95. The average molecular weight is 336 g/mol. The number of aromatic nitrogens is 2. The zero-order valence-corrected chi connectivity index (χ0v) is 14.4. The van der Waals surface area contributed by atoms with Gasteiger partial charge in [-0.3, -0.25) is 9.48 Å². The van der Waals surface area contributed by atoms with E-state index in [0.29, 0.717) is 18.5 Å². The Hall–Kier alpha value is -1.03. The van der Waals surface area contributed by atoms with E-state index in [1.807, 2.05) is 11.1 Å². The van der Waals surface area contributed by atoms with Crippen molar-refractivity contribution in [2.75, 3.05) is 12.4 Å². The lowest BCUT2D eigenvalue weighted by atomic mass is 9.93. The molecule has 0 bridgehead atoms. The van der Waals surface area contributed by atoms with Crippen molar-refractivity contribution in [1.82, 2.24) is 14.7 Å². The maximum atomic E-state index is 12.4. The first-order valence-corrected chi connectivity index (χ1v) is 9.66. The van der Waals surface area contributed by atoms with Crippen molar-refractivity contribution in [2.45, 2.75) is 57.5 Å². The molecule has 1 aromatic rings. The van der Waals surface area contributed by atoms with Crippen LogP contribution in [0.1, 0.15) is 56.7 Å². The van der Waals surface area contributed by atoms with E-state index < -0.39 is 0 Å². The molecule has 0 N–H and O–H groups in total. The van der Waals surface area contributed by atoms with Crippen molar-refractivity contribution in [3.63, 3.8) is 0 Å². The van der Waals surface area contributed by atoms with E-state index in [2.05, 4.69) is 15.8 Å². The molecule has 1 amide bonds. The number of nitrogens with zero attached hydrogens (tertiary/aromatic N) is 3. The zero-order valence-electron chi connectivity index (χ0n) is 13.7. The van der Waals surface area contributed by atoms with Crippen LogP contribution in [0.15, 0.2) is 12.3 Å². The molecule has 0 saturated heterocycles. The molecule has 3 aliphatic rings. The summed E-state index contributed by atoms with van der Waals surface area (Å²) >= 11 is 5.89. The molecular formula is C18H26ClN3O. The van der Waals surface area contributed by atoms with Gasteiger partial charge in [-0.15, -0.1) is 11.6 Å². The molecule has 3 fully saturated rings. The molecule has 0 atom stereocenters. The van der Waals surface area contributed by atoms with Crippen molar-refractivity contribution in [2.24, 2.45) is 17.8 Å². The average Bonchev–Trinajstić information content (AvgIpc) is 3.41. The van der Waals surface area contributed by atoms with Crippen molar-refractivity contribution in [1.29, 1.82) is 0 Å². The molecule has 0 aliphatic heterocycles. The van der Waals surface area contributed by atoms with Gasteiger partial charge in [0, 0.05) is 12.7 Å². The van der Waals surface area contributed by atoms with Crippen molar-refractivity contribution >= 4 is 17.5 Å². The monoisotopic (exact) mass is 335 g/mol. The Morgan fingerprint density at radius 3 is 2.48 bits per heavy atom. The van der Waals surface area contributed by atoms with Gasteiger partial charge in [0.05, 0.1) is 18.3 Å².